The molecule has 0 unspecified atom stereocenters. The highest BCUT2D eigenvalue weighted by atomic mass is 35.5. The van der Waals surface area contributed by atoms with Gasteiger partial charge in [0.05, 0.1) is 30.2 Å². The molecule has 2 aliphatic heterocycles. The fourth-order valence-corrected chi connectivity index (χ4v) is 3.11. The summed E-state index contributed by atoms with van der Waals surface area (Å²) in [6, 6.07) is 6.91. The molecule has 5 nitrogen and oxygen atoms in total. The molecule has 0 aromatic carbocycles. The van der Waals surface area contributed by atoms with E-state index in [1.165, 1.54) is 0 Å². The maximum atomic E-state index is 11.2. The number of esters is 1. The highest BCUT2D eigenvalue weighted by Crippen LogP contribution is 2.31. The number of rotatable bonds is 0. The van der Waals surface area contributed by atoms with E-state index in [1.807, 2.05) is 13.0 Å². The fraction of sp³-hybridized carbons (Fsp3) is 0.316. The Balaban J connectivity index is 0.000000151. The van der Waals surface area contributed by atoms with Crippen LogP contribution in [0.2, 0.25) is 10.3 Å². The number of carbonyl (C=O) groups is 1. The predicted molar refractivity (Wildman–Crippen MR) is 101 cm³/mol. The number of fused-ring (bicyclic) bond motifs is 2. The average Bonchev–Trinajstić information content (AvgIpc) is 2.62. The first kappa shape index (κ1) is 18.7. The molecule has 0 saturated heterocycles. The number of hydrogen-bond acceptors (Lipinski definition) is 5. The molecule has 0 radical (unpaired) electrons. The van der Waals surface area contributed by atoms with Gasteiger partial charge < -0.3 is 9.47 Å². The van der Waals surface area contributed by atoms with Crippen molar-refractivity contribution in [2.75, 3.05) is 13.2 Å². The van der Waals surface area contributed by atoms with E-state index >= 15 is 0 Å². The van der Waals surface area contributed by atoms with Crippen LogP contribution in [0, 0.1) is 0 Å². The Morgan fingerprint density at radius 2 is 1.42 bits per heavy atom. The predicted octanol–water partition coefficient (Wildman–Crippen LogP) is 4.85. The van der Waals surface area contributed by atoms with Crippen molar-refractivity contribution in [2.45, 2.75) is 25.7 Å². The molecule has 2 aromatic heterocycles. The SMILES string of the molecule is C=C1OC[C@@H](C)c2nc(Cl)ccc21.C[C@H]1COC(=O)c2ccc(Cl)nc21. The monoisotopic (exact) mass is 392 g/mol. The van der Waals surface area contributed by atoms with Gasteiger partial charge in [0.15, 0.2) is 0 Å². The second-order valence-corrected chi connectivity index (χ2v) is 7.04. The average molecular weight is 393 g/mol. The Kier molecular flexibility index (Phi) is 5.49. The van der Waals surface area contributed by atoms with Crippen molar-refractivity contribution in [1.82, 2.24) is 9.97 Å². The van der Waals surface area contributed by atoms with Crippen LogP contribution in [0.25, 0.3) is 5.76 Å². The molecule has 0 fully saturated rings. The van der Waals surface area contributed by atoms with E-state index in [2.05, 4.69) is 23.5 Å². The molecule has 0 aliphatic carbocycles. The quantitative estimate of drug-likeness (QED) is 0.473. The molecule has 0 bridgehead atoms. The Morgan fingerprint density at radius 1 is 0.923 bits per heavy atom. The summed E-state index contributed by atoms with van der Waals surface area (Å²) in [5.41, 5.74) is 3.24. The van der Waals surface area contributed by atoms with Crippen LogP contribution in [0.1, 0.15) is 53.0 Å². The number of aromatic nitrogens is 2. The summed E-state index contributed by atoms with van der Waals surface area (Å²) in [5.74, 6) is 0.806. The lowest BCUT2D eigenvalue weighted by Gasteiger charge is -2.23. The van der Waals surface area contributed by atoms with E-state index in [0.717, 1.165) is 17.0 Å². The molecule has 136 valence electrons. The third-order valence-corrected chi connectivity index (χ3v) is 4.63. The lowest BCUT2D eigenvalue weighted by atomic mass is 9.99. The van der Waals surface area contributed by atoms with Gasteiger partial charge in [-0.2, -0.15) is 0 Å². The third-order valence-electron chi connectivity index (χ3n) is 4.21. The smallest absolute Gasteiger partial charge is 0.340 e. The first-order chi connectivity index (χ1) is 12.4. The molecule has 0 spiro atoms. The van der Waals surface area contributed by atoms with Crippen molar-refractivity contribution in [2.24, 2.45) is 0 Å². The highest BCUT2D eigenvalue weighted by Gasteiger charge is 2.25. The van der Waals surface area contributed by atoms with Crippen LogP contribution in [0.3, 0.4) is 0 Å². The Bertz CT molecular complexity index is 798. The van der Waals surface area contributed by atoms with Gasteiger partial charge in [0.25, 0.3) is 0 Å². The van der Waals surface area contributed by atoms with Gasteiger partial charge in [-0.15, -0.1) is 0 Å². The lowest BCUT2D eigenvalue weighted by Crippen LogP contribution is -2.22. The van der Waals surface area contributed by atoms with Crippen LogP contribution in [-0.4, -0.2) is 29.2 Å². The molecule has 7 heteroatoms. The first-order valence-electron chi connectivity index (χ1n) is 8.19. The second kappa shape index (κ2) is 7.64. The maximum absolute atomic E-state index is 11.2. The van der Waals surface area contributed by atoms with Crippen LogP contribution in [0.5, 0.6) is 0 Å². The molecular formula is C19H18Cl2N2O3. The molecule has 4 heterocycles. The van der Waals surface area contributed by atoms with E-state index in [9.17, 15) is 4.79 Å². The number of hydrogen-bond donors (Lipinski definition) is 0. The zero-order chi connectivity index (χ0) is 18.8. The standard InChI is InChI=1S/C10H10ClNO.C9H8ClNO2/c1-6-5-13-7(2)8-3-4-9(11)12-10(6)8;1-5-4-13-9(12)6-2-3-7(10)11-8(5)6/h3-4,6H,2,5H2,1H3;2-3,5H,4H2,1H3/t6-;5-/m10/s1. The highest BCUT2D eigenvalue weighted by molar-refractivity contribution is 6.29. The van der Waals surface area contributed by atoms with E-state index in [0.29, 0.717) is 40.8 Å². The minimum atomic E-state index is -0.308. The summed E-state index contributed by atoms with van der Waals surface area (Å²) >= 11 is 11.5. The van der Waals surface area contributed by atoms with Crippen LogP contribution in [-0.2, 0) is 9.47 Å². The number of ether oxygens (including phenoxy) is 2. The van der Waals surface area contributed by atoms with E-state index < -0.39 is 0 Å². The van der Waals surface area contributed by atoms with Gasteiger partial charge in [-0.1, -0.05) is 43.6 Å². The van der Waals surface area contributed by atoms with Crippen molar-refractivity contribution in [3.63, 3.8) is 0 Å². The molecule has 0 saturated carbocycles. The van der Waals surface area contributed by atoms with Crippen molar-refractivity contribution in [1.29, 1.82) is 0 Å². The Hall–Kier alpha value is -2.11. The molecule has 2 aliphatic rings. The molecule has 0 amide bonds. The van der Waals surface area contributed by atoms with E-state index in [1.54, 1.807) is 18.2 Å². The zero-order valence-electron chi connectivity index (χ0n) is 14.5. The van der Waals surface area contributed by atoms with Crippen LogP contribution in [0.15, 0.2) is 30.8 Å². The summed E-state index contributed by atoms with van der Waals surface area (Å²) in [5, 5.41) is 0.945. The maximum Gasteiger partial charge on any atom is 0.340 e. The van der Waals surface area contributed by atoms with Crippen molar-refractivity contribution in [3.8, 4) is 0 Å². The van der Waals surface area contributed by atoms with Gasteiger partial charge in [-0.3, -0.25) is 0 Å². The minimum absolute atomic E-state index is 0.131. The van der Waals surface area contributed by atoms with Gasteiger partial charge in [0.1, 0.15) is 16.1 Å². The molecule has 2 aromatic rings. The van der Waals surface area contributed by atoms with Crippen LogP contribution < -0.4 is 0 Å². The Morgan fingerprint density at radius 3 is 2.04 bits per heavy atom. The van der Waals surface area contributed by atoms with Crippen LogP contribution in [0.4, 0.5) is 0 Å². The van der Waals surface area contributed by atoms with Gasteiger partial charge in [-0.25, -0.2) is 14.8 Å². The normalized spacial score (nSPS) is 20.8. The van der Waals surface area contributed by atoms with Gasteiger partial charge in [0.2, 0.25) is 0 Å². The summed E-state index contributed by atoms with van der Waals surface area (Å²) in [7, 11) is 0. The number of pyridine rings is 2. The summed E-state index contributed by atoms with van der Waals surface area (Å²) in [4.78, 5) is 19.6. The number of nitrogens with zero attached hydrogens (tertiary/aromatic N) is 2. The van der Waals surface area contributed by atoms with Crippen molar-refractivity contribution in [3.05, 3.63) is 63.7 Å². The minimum Gasteiger partial charge on any atom is -0.493 e. The molecular weight excluding hydrogens is 375 g/mol. The Labute approximate surface area is 162 Å². The van der Waals surface area contributed by atoms with Crippen molar-refractivity contribution < 1.29 is 14.3 Å². The van der Waals surface area contributed by atoms with E-state index in [-0.39, 0.29) is 11.9 Å². The first-order valence-corrected chi connectivity index (χ1v) is 8.94. The van der Waals surface area contributed by atoms with Crippen molar-refractivity contribution >= 4 is 34.9 Å². The zero-order valence-corrected chi connectivity index (χ0v) is 16.0. The van der Waals surface area contributed by atoms with E-state index in [4.69, 9.17) is 32.7 Å². The molecule has 2 atom stereocenters. The lowest BCUT2D eigenvalue weighted by molar-refractivity contribution is 0.0445. The second-order valence-electron chi connectivity index (χ2n) is 6.27. The topological polar surface area (TPSA) is 61.3 Å². The van der Waals surface area contributed by atoms with Gasteiger partial charge in [0, 0.05) is 17.4 Å². The summed E-state index contributed by atoms with van der Waals surface area (Å²) in [6.07, 6.45) is 0. The number of carbonyl (C=O) groups excluding carboxylic acids is 1. The van der Waals surface area contributed by atoms with Gasteiger partial charge >= 0.3 is 5.97 Å². The molecule has 4 rings (SSSR count). The largest absolute Gasteiger partial charge is 0.493 e. The summed E-state index contributed by atoms with van der Waals surface area (Å²) in [6.45, 7) is 8.86. The van der Waals surface area contributed by atoms with Gasteiger partial charge in [-0.05, 0) is 24.3 Å². The van der Waals surface area contributed by atoms with Crippen LogP contribution >= 0.6 is 23.2 Å². The molecule has 0 N–H and O–H groups in total. The molecule has 26 heavy (non-hydrogen) atoms. The third kappa shape index (κ3) is 3.84. The number of cyclic esters (lactones) is 1. The number of halogens is 2. The summed E-state index contributed by atoms with van der Waals surface area (Å²) < 4.78 is 10.3. The fourth-order valence-electron chi connectivity index (χ4n) is 2.80.